The van der Waals surface area contributed by atoms with Crippen LogP contribution in [-0.4, -0.2) is 38.9 Å². The monoisotopic (exact) mass is 485 g/mol. The number of aryl methyl sites for hydroxylation is 1. The Hall–Kier alpha value is -2.85. The molecule has 9 heteroatoms. The van der Waals surface area contributed by atoms with Crippen molar-refractivity contribution in [2.24, 2.45) is 0 Å². The van der Waals surface area contributed by atoms with E-state index in [0.717, 1.165) is 20.9 Å². The molecule has 1 aliphatic heterocycles. The van der Waals surface area contributed by atoms with Crippen molar-refractivity contribution in [1.29, 1.82) is 0 Å². The number of aromatic nitrogens is 1. The van der Waals surface area contributed by atoms with Gasteiger partial charge in [-0.1, -0.05) is 23.5 Å². The van der Waals surface area contributed by atoms with Gasteiger partial charge >= 0.3 is 5.97 Å². The number of quaternary nitrogens is 1. The molecule has 0 saturated carbocycles. The number of carbonyl (C=O) groups excluding carboxylic acids is 1. The predicted octanol–water partition coefficient (Wildman–Crippen LogP) is 2.51. The van der Waals surface area contributed by atoms with E-state index in [2.05, 4.69) is 42.0 Å². The number of nitrogens with one attached hydrogen (secondary N) is 1. The molecule has 1 aliphatic rings. The number of nitrogens with zero attached hydrogens (tertiary/aromatic N) is 1. The van der Waals surface area contributed by atoms with Gasteiger partial charge in [-0.25, -0.2) is 13.2 Å². The number of fused-ring (bicyclic) bond motifs is 2. The second kappa shape index (κ2) is 9.56. The lowest BCUT2D eigenvalue weighted by Gasteiger charge is -2.19. The third-order valence-corrected chi connectivity index (χ3v) is 7.60. The summed E-state index contributed by atoms with van der Waals surface area (Å²) in [5, 5.41) is 0.982. The van der Waals surface area contributed by atoms with Crippen LogP contribution < -0.4 is 9.47 Å². The second-order valence-electron chi connectivity index (χ2n) is 7.88. The fourth-order valence-corrected chi connectivity index (χ4v) is 5.64. The van der Waals surface area contributed by atoms with E-state index in [1.54, 1.807) is 23.5 Å². The third kappa shape index (κ3) is 5.22. The van der Waals surface area contributed by atoms with Crippen molar-refractivity contribution >= 4 is 55.5 Å². The van der Waals surface area contributed by atoms with Crippen LogP contribution in [0.5, 0.6) is 0 Å². The Labute approximate surface area is 197 Å². The van der Waals surface area contributed by atoms with Gasteiger partial charge in [0.25, 0.3) is 5.01 Å². The molecule has 0 spiro atoms. The Morgan fingerprint density at radius 2 is 1.97 bits per heavy atom. The molecule has 0 saturated heterocycles. The van der Waals surface area contributed by atoms with E-state index in [1.165, 1.54) is 23.3 Å². The molecule has 2 heterocycles. The third-order valence-electron chi connectivity index (χ3n) is 5.70. The fraction of sp³-hybridized carbons (Fsp3) is 0.250. The van der Waals surface area contributed by atoms with Crippen LogP contribution in [0.25, 0.3) is 22.4 Å². The summed E-state index contributed by atoms with van der Waals surface area (Å²) in [4.78, 5) is 13.2. The zero-order valence-electron chi connectivity index (χ0n) is 18.4. The maximum absolute atomic E-state index is 12.1. The number of ether oxygens (including phenoxy) is 1. The van der Waals surface area contributed by atoms with Crippen molar-refractivity contribution in [3.8, 4) is 0 Å². The van der Waals surface area contributed by atoms with Crippen LogP contribution in [-0.2, 0) is 21.4 Å². The van der Waals surface area contributed by atoms with E-state index < -0.39 is 16.1 Å². The highest BCUT2D eigenvalue weighted by Crippen LogP contribution is 2.25. The molecular weight excluding hydrogens is 460 g/mol. The largest absolute Gasteiger partial charge is 0.748 e. The summed E-state index contributed by atoms with van der Waals surface area (Å²) in [5.41, 5.74) is 4.78. The van der Waals surface area contributed by atoms with Crippen LogP contribution in [0, 0.1) is 0 Å². The summed E-state index contributed by atoms with van der Waals surface area (Å²) < 4.78 is 40.9. The smallest absolute Gasteiger partial charge is 0.338 e. The molecule has 2 aromatic carbocycles. The van der Waals surface area contributed by atoms with Gasteiger partial charge in [-0.05, 0) is 30.7 Å². The van der Waals surface area contributed by atoms with Gasteiger partial charge in [0.2, 0.25) is 5.52 Å². The molecule has 3 aromatic rings. The highest BCUT2D eigenvalue weighted by Gasteiger charge is 2.25. The molecule has 33 heavy (non-hydrogen) atoms. The molecule has 1 N–H and O–H groups in total. The number of para-hydroxylation sites is 1. The summed E-state index contributed by atoms with van der Waals surface area (Å²) in [5.74, 6) is -0.797. The SMILES string of the molecule is COC(=O)c1ccc2sc(C=C3C=Cc4ccccc4[NH+]3C)[n+](CCCCS(=O)(=O)[O-])c2c1. The summed E-state index contributed by atoms with van der Waals surface area (Å²) in [6.45, 7) is 0.526. The average molecular weight is 486 g/mol. The number of methoxy groups -OCH3 is 1. The lowest BCUT2D eigenvalue weighted by Crippen LogP contribution is -3.02. The molecule has 0 aliphatic carbocycles. The lowest BCUT2D eigenvalue weighted by atomic mass is 10.1. The summed E-state index contributed by atoms with van der Waals surface area (Å²) in [6, 6.07) is 13.7. The molecule has 0 fully saturated rings. The van der Waals surface area contributed by atoms with Crippen LogP contribution in [0.3, 0.4) is 0 Å². The molecule has 172 valence electrons. The van der Waals surface area contributed by atoms with Crippen LogP contribution in [0.1, 0.15) is 33.8 Å². The van der Waals surface area contributed by atoms with Crippen LogP contribution in [0.15, 0.2) is 54.2 Å². The Balaban J connectivity index is 1.73. The second-order valence-corrected chi connectivity index (χ2v) is 10.5. The minimum atomic E-state index is -4.24. The molecular formula is C24H25N2O5S2+. The number of likely N-dealkylation sites (N-methyl/N-ethyl adjacent to an activating group) is 1. The highest BCUT2D eigenvalue weighted by atomic mass is 32.2. The van der Waals surface area contributed by atoms with E-state index >= 15 is 0 Å². The summed E-state index contributed by atoms with van der Waals surface area (Å²) in [7, 11) is -0.796. The number of hydrogen-bond acceptors (Lipinski definition) is 6. The van der Waals surface area contributed by atoms with Crippen LogP contribution in [0.4, 0.5) is 5.69 Å². The standard InChI is InChI=1S/C24H24N2O5S2/c1-25-19(11-9-17-7-3-4-8-20(17)25)16-23-26(13-5-6-14-33(28,29)30)21-15-18(24(27)31-2)10-12-22(21)32-23/h3-4,7-12,15-16H,5-6,13-14H2,1-2H3/p+1. The first-order valence-corrected chi connectivity index (χ1v) is 13.0. The van der Waals surface area contributed by atoms with E-state index in [0.29, 0.717) is 18.5 Å². The van der Waals surface area contributed by atoms with Crippen molar-refractivity contribution in [2.75, 3.05) is 19.9 Å². The average Bonchev–Trinajstić information content (AvgIpc) is 3.13. The summed E-state index contributed by atoms with van der Waals surface area (Å²) in [6.07, 6.45) is 7.12. The topological polar surface area (TPSA) is 91.8 Å². The van der Waals surface area contributed by atoms with Crippen molar-refractivity contribution in [2.45, 2.75) is 19.4 Å². The van der Waals surface area contributed by atoms with E-state index in [9.17, 15) is 17.8 Å². The molecule has 0 bridgehead atoms. The zero-order chi connectivity index (χ0) is 23.6. The van der Waals surface area contributed by atoms with Gasteiger partial charge in [-0.2, -0.15) is 4.57 Å². The maximum Gasteiger partial charge on any atom is 0.338 e. The van der Waals surface area contributed by atoms with Gasteiger partial charge in [-0.15, -0.1) is 0 Å². The minimum Gasteiger partial charge on any atom is -0.748 e. The number of benzene rings is 2. The van der Waals surface area contributed by atoms with Crippen LogP contribution in [0.2, 0.25) is 0 Å². The zero-order valence-corrected chi connectivity index (χ0v) is 20.0. The number of allylic oxidation sites excluding steroid dienone is 1. The fourth-order valence-electron chi connectivity index (χ4n) is 3.97. The molecule has 4 rings (SSSR count). The Kier molecular flexibility index (Phi) is 6.76. The van der Waals surface area contributed by atoms with Crippen molar-refractivity contribution < 1.29 is 32.0 Å². The molecule has 1 unspecified atom stereocenters. The Bertz CT molecular complexity index is 1370. The number of esters is 1. The van der Waals surface area contributed by atoms with Gasteiger partial charge in [0.05, 0.1) is 35.9 Å². The number of unbranched alkanes of at least 4 members (excludes halogenated alkanes) is 1. The molecule has 0 amide bonds. The normalized spacial score (nSPS) is 16.8. The first-order valence-electron chi connectivity index (χ1n) is 10.6. The van der Waals surface area contributed by atoms with Crippen LogP contribution >= 0.6 is 11.3 Å². The molecule has 0 radical (unpaired) electrons. The molecule has 1 atom stereocenters. The van der Waals surface area contributed by atoms with Crippen molar-refractivity contribution in [1.82, 2.24) is 0 Å². The van der Waals surface area contributed by atoms with Gasteiger partial charge in [0, 0.05) is 35.9 Å². The Morgan fingerprint density at radius 1 is 1.18 bits per heavy atom. The Morgan fingerprint density at radius 3 is 2.73 bits per heavy atom. The van der Waals surface area contributed by atoms with Gasteiger partial charge in [0.1, 0.15) is 16.1 Å². The first-order chi connectivity index (χ1) is 15.8. The van der Waals surface area contributed by atoms with E-state index in [1.807, 2.05) is 18.2 Å². The van der Waals surface area contributed by atoms with Crippen molar-refractivity contribution in [3.63, 3.8) is 0 Å². The maximum atomic E-state index is 12.1. The predicted molar refractivity (Wildman–Crippen MR) is 127 cm³/mol. The summed E-state index contributed by atoms with van der Waals surface area (Å²) >= 11 is 1.60. The first kappa shape index (κ1) is 23.3. The molecule has 7 nitrogen and oxygen atoms in total. The lowest BCUT2D eigenvalue weighted by molar-refractivity contribution is -0.762. The highest BCUT2D eigenvalue weighted by molar-refractivity contribution is 7.85. The minimum absolute atomic E-state index is 0.279. The quantitative estimate of drug-likeness (QED) is 0.240. The number of hydrogen-bond donors (Lipinski definition) is 1. The van der Waals surface area contributed by atoms with Gasteiger partial charge in [-0.3, -0.25) is 4.90 Å². The number of rotatable bonds is 7. The van der Waals surface area contributed by atoms with Gasteiger partial charge in [0.15, 0.2) is 6.54 Å². The van der Waals surface area contributed by atoms with E-state index in [-0.39, 0.29) is 12.2 Å². The van der Waals surface area contributed by atoms with Gasteiger partial charge < -0.3 is 9.29 Å². The van der Waals surface area contributed by atoms with E-state index in [4.69, 9.17) is 4.74 Å². The molecule has 1 aromatic heterocycles. The van der Waals surface area contributed by atoms with Crippen molar-refractivity contribution in [3.05, 3.63) is 70.4 Å². The number of thiazole rings is 1. The number of carbonyl (C=O) groups is 1.